The van der Waals surface area contributed by atoms with Crippen molar-refractivity contribution in [1.82, 2.24) is 10.6 Å². The van der Waals surface area contributed by atoms with E-state index >= 15 is 0 Å². The molecule has 2 aromatic rings. The molecule has 1 aromatic carbocycles. The van der Waals surface area contributed by atoms with Crippen LogP contribution < -0.4 is 20.7 Å². The number of carbonyl (C=O) groups is 2. The minimum atomic E-state index is -0.343. The van der Waals surface area contributed by atoms with E-state index in [1.54, 1.807) is 36.4 Å². The predicted molar refractivity (Wildman–Crippen MR) is 92.6 cm³/mol. The average Bonchev–Trinajstić information content (AvgIpc) is 3.16. The van der Waals surface area contributed by atoms with Gasteiger partial charge in [0.15, 0.2) is 12.4 Å². The molecule has 0 aliphatic carbocycles. The zero-order valence-electron chi connectivity index (χ0n) is 13.8. The number of hydrogen-bond donors (Lipinski definition) is 3. The van der Waals surface area contributed by atoms with Crippen LogP contribution in [-0.4, -0.2) is 37.6 Å². The normalized spacial score (nSPS) is 16.9. The van der Waals surface area contributed by atoms with Gasteiger partial charge in [0.2, 0.25) is 0 Å². The van der Waals surface area contributed by atoms with Crippen molar-refractivity contribution >= 4 is 17.5 Å². The van der Waals surface area contributed by atoms with E-state index in [0.717, 1.165) is 25.9 Å². The summed E-state index contributed by atoms with van der Waals surface area (Å²) in [4.78, 5) is 23.9. The van der Waals surface area contributed by atoms with Gasteiger partial charge in [0, 0.05) is 24.3 Å². The number of piperidine rings is 1. The van der Waals surface area contributed by atoms with Gasteiger partial charge in [-0.15, -0.1) is 0 Å². The highest BCUT2D eigenvalue weighted by Gasteiger charge is 2.15. The molecule has 1 aliphatic heterocycles. The van der Waals surface area contributed by atoms with Crippen molar-refractivity contribution in [3.8, 4) is 5.75 Å². The van der Waals surface area contributed by atoms with Crippen molar-refractivity contribution in [3.63, 3.8) is 0 Å². The number of rotatable bonds is 6. The van der Waals surface area contributed by atoms with E-state index in [4.69, 9.17) is 9.15 Å². The molecule has 3 rings (SSSR count). The maximum absolute atomic E-state index is 12.0. The lowest BCUT2D eigenvalue weighted by molar-refractivity contribution is -0.123. The van der Waals surface area contributed by atoms with Gasteiger partial charge in [0.25, 0.3) is 11.8 Å². The molecule has 0 spiro atoms. The lowest BCUT2D eigenvalue weighted by Crippen LogP contribution is -2.46. The van der Waals surface area contributed by atoms with Crippen LogP contribution in [0.4, 0.5) is 5.69 Å². The van der Waals surface area contributed by atoms with Gasteiger partial charge in [-0.05, 0) is 43.7 Å². The Morgan fingerprint density at radius 1 is 1.28 bits per heavy atom. The zero-order valence-corrected chi connectivity index (χ0v) is 13.8. The van der Waals surface area contributed by atoms with Gasteiger partial charge in [-0.25, -0.2) is 0 Å². The summed E-state index contributed by atoms with van der Waals surface area (Å²) >= 11 is 0. The lowest BCUT2D eigenvalue weighted by atomic mass is 10.1. The third-order valence-electron chi connectivity index (χ3n) is 3.87. The summed E-state index contributed by atoms with van der Waals surface area (Å²) < 4.78 is 10.6. The lowest BCUT2D eigenvalue weighted by Gasteiger charge is -2.23. The largest absolute Gasteiger partial charge is 0.484 e. The molecule has 2 amide bonds. The van der Waals surface area contributed by atoms with Gasteiger partial charge in [0.05, 0.1) is 6.26 Å². The third-order valence-corrected chi connectivity index (χ3v) is 3.87. The van der Waals surface area contributed by atoms with Crippen molar-refractivity contribution in [2.45, 2.75) is 18.9 Å². The fourth-order valence-electron chi connectivity index (χ4n) is 2.66. The van der Waals surface area contributed by atoms with Gasteiger partial charge in [0.1, 0.15) is 5.75 Å². The molecule has 0 bridgehead atoms. The summed E-state index contributed by atoms with van der Waals surface area (Å²) in [5.74, 6) is 0.240. The minimum Gasteiger partial charge on any atom is -0.484 e. The van der Waals surface area contributed by atoms with E-state index in [2.05, 4.69) is 16.0 Å². The van der Waals surface area contributed by atoms with Crippen LogP contribution in [-0.2, 0) is 4.79 Å². The van der Waals surface area contributed by atoms with Crippen LogP contribution in [0.1, 0.15) is 23.4 Å². The van der Waals surface area contributed by atoms with E-state index in [0.29, 0.717) is 11.4 Å². The van der Waals surface area contributed by atoms with E-state index in [1.165, 1.54) is 6.26 Å². The Kier molecular flexibility index (Phi) is 5.69. The number of hydrogen-bond acceptors (Lipinski definition) is 5. The van der Waals surface area contributed by atoms with E-state index in [-0.39, 0.29) is 30.2 Å². The van der Waals surface area contributed by atoms with Crippen LogP contribution >= 0.6 is 0 Å². The van der Waals surface area contributed by atoms with Crippen LogP contribution in [0.5, 0.6) is 5.75 Å². The average molecular weight is 343 g/mol. The maximum Gasteiger partial charge on any atom is 0.291 e. The molecular weight excluding hydrogens is 322 g/mol. The summed E-state index contributed by atoms with van der Waals surface area (Å²) in [7, 11) is 0. The molecule has 3 N–H and O–H groups in total. The standard InChI is InChI=1S/C18H21N3O4/c22-17(20-14-5-2-8-19-11-14)12-25-15-6-1-4-13(10-15)21-18(23)16-7-3-9-24-16/h1,3-4,6-7,9-10,14,19H,2,5,8,11-12H2,(H,20,22)(H,21,23). The number of amides is 2. The van der Waals surface area contributed by atoms with Crippen molar-refractivity contribution in [1.29, 1.82) is 0 Å². The van der Waals surface area contributed by atoms with E-state index < -0.39 is 0 Å². The Labute approximate surface area is 145 Å². The highest BCUT2D eigenvalue weighted by molar-refractivity contribution is 6.02. The Balaban J connectivity index is 1.49. The summed E-state index contributed by atoms with van der Waals surface area (Å²) in [6, 6.07) is 10.3. The fourth-order valence-corrected chi connectivity index (χ4v) is 2.66. The number of benzene rings is 1. The highest BCUT2D eigenvalue weighted by Crippen LogP contribution is 2.18. The molecule has 1 saturated heterocycles. The van der Waals surface area contributed by atoms with Crippen LogP contribution in [0.2, 0.25) is 0 Å². The summed E-state index contributed by atoms with van der Waals surface area (Å²) in [6.45, 7) is 1.73. The number of furan rings is 1. The second-order valence-electron chi connectivity index (χ2n) is 5.86. The first-order chi connectivity index (χ1) is 12.2. The first-order valence-electron chi connectivity index (χ1n) is 8.28. The van der Waals surface area contributed by atoms with E-state index in [1.807, 2.05) is 0 Å². The molecule has 132 valence electrons. The first kappa shape index (κ1) is 17.0. The van der Waals surface area contributed by atoms with Crippen LogP contribution in [0.25, 0.3) is 0 Å². The molecule has 2 heterocycles. The molecule has 0 radical (unpaired) electrons. The van der Waals surface area contributed by atoms with Crippen molar-refractivity contribution in [2.24, 2.45) is 0 Å². The second-order valence-corrected chi connectivity index (χ2v) is 5.86. The molecule has 1 aliphatic rings. The summed E-state index contributed by atoms with van der Waals surface area (Å²) in [5.41, 5.74) is 0.566. The molecule has 25 heavy (non-hydrogen) atoms. The number of ether oxygens (including phenoxy) is 1. The smallest absolute Gasteiger partial charge is 0.291 e. The number of anilines is 1. The molecule has 1 aromatic heterocycles. The van der Waals surface area contributed by atoms with Crippen molar-refractivity contribution in [3.05, 3.63) is 48.4 Å². The zero-order chi connectivity index (χ0) is 17.5. The summed E-state index contributed by atoms with van der Waals surface area (Å²) in [5, 5.41) is 8.91. The van der Waals surface area contributed by atoms with Gasteiger partial charge < -0.3 is 25.1 Å². The highest BCUT2D eigenvalue weighted by atomic mass is 16.5. The van der Waals surface area contributed by atoms with Gasteiger partial charge in [-0.3, -0.25) is 9.59 Å². The molecular formula is C18H21N3O4. The fraction of sp³-hybridized carbons (Fsp3) is 0.333. The van der Waals surface area contributed by atoms with E-state index in [9.17, 15) is 9.59 Å². The molecule has 1 unspecified atom stereocenters. The summed E-state index contributed by atoms with van der Waals surface area (Å²) in [6.07, 6.45) is 3.48. The first-order valence-corrected chi connectivity index (χ1v) is 8.28. The van der Waals surface area contributed by atoms with Crippen LogP contribution in [0.15, 0.2) is 47.1 Å². The topological polar surface area (TPSA) is 92.6 Å². The van der Waals surface area contributed by atoms with Crippen molar-refractivity contribution in [2.75, 3.05) is 25.0 Å². The second kappa shape index (κ2) is 8.34. The monoisotopic (exact) mass is 343 g/mol. The van der Waals surface area contributed by atoms with Gasteiger partial charge in [-0.2, -0.15) is 0 Å². The Hall–Kier alpha value is -2.80. The quantitative estimate of drug-likeness (QED) is 0.743. The molecule has 1 fully saturated rings. The molecule has 7 heteroatoms. The van der Waals surface area contributed by atoms with Crippen LogP contribution in [0.3, 0.4) is 0 Å². The van der Waals surface area contributed by atoms with Crippen LogP contribution in [0, 0.1) is 0 Å². The predicted octanol–water partition coefficient (Wildman–Crippen LogP) is 1.78. The molecule has 0 saturated carbocycles. The minimum absolute atomic E-state index is 0.0634. The maximum atomic E-state index is 12.0. The Morgan fingerprint density at radius 3 is 2.96 bits per heavy atom. The third kappa shape index (κ3) is 5.09. The number of nitrogens with one attached hydrogen (secondary N) is 3. The van der Waals surface area contributed by atoms with Crippen molar-refractivity contribution < 1.29 is 18.7 Å². The van der Waals surface area contributed by atoms with Gasteiger partial charge in [-0.1, -0.05) is 6.07 Å². The Morgan fingerprint density at radius 2 is 2.20 bits per heavy atom. The Bertz CT molecular complexity index is 709. The molecule has 1 atom stereocenters. The SMILES string of the molecule is O=C(COc1cccc(NC(=O)c2ccco2)c1)NC1CCCNC1. The van der Waals surface area contributed by atoms with Gasteiger partial charge >= 0.3 is 0 Å². The molecule has 7 nitrogen and oxygen atoms in total. The number of carbonyl (C=O) groups excluding carboxylic acids is 2.